The summed E-state index contributed by atoms with van der Waals surface area (Å²) >= 11 is 0. The number of hydrogen-bond donors (Lipinski definition) is 0. The lowest BCUT2D eigenvalue weighted by Crippen LogP contribution is -2.48. The number of carbonyl (C=O) groups is 2. The summed E-state index contributed by atoms with van der Waals surface area (Å²) in [7, 11) is 5.69. The van der Waals surface area contributed by atoms with Gasteiger partial charge in [0.15, 0.2) is 0 Å². The maximum atomic E-state index is 12.0. The molecule has 0 saturated carbocycles. The molecule has 0 bridgehead atoms. The molecule has 0 aliphatic heterocycles. The van der Waals surface area contributed by atoms with Crippen LogP contribution in [0.25, 0.3) is 0 Å². The molecule has 0 N–H and O–H groups in total. The van der Waals surface area contributed by atoms with Crippen LogP contribution in [0.4, 0.5) is 0 Å². The zero-order valence-electron chi connectivity index (χ0n) is 18.7. The van der Waals surface area contributed by atoms with Gasteiger partial charge in [-0.1, -0.05) is 57.6 Å². The van der Waals surface area contributed by atoms with Gasteiger partial charge in [0.2, 0.25) is 6.23 Å². The second-order valence-corrected chi connectivity index (χ2v) is 8.60. The Bertz CT molecular complexity index is 440. The summed E-state index contributed by atoms with van der Waals surface area (Å²) in [5.41, 5.74) is 0. The predicted molar refractivity (Wildman–Crippen MR) is 112 cm³/mol. The molecule has 5 nitrogen and oxygen atoms in total. The molecule has 0 aromatic heterocycles. The topological polar surface area (TPSA) is 66.4 Å². The second kappa shape index (κ2) is 16.6. The Morgan fingerprint density at radius 1 is 0.857 bits per heavy atom. The number of unbranched alkanes of at least 4 members (excludes halogenated alkanes) is 9. The van der Waals surface area contributed by atoms with Crippen LogP contribution >= 0.6 is 0 Å². The van der Waals surface area contributed by atoms with Gasteiger partial charge in [-0.05, 0) is 38.5 Å². The quantitative estimate of drug-likeness (QED) is 0.113. The minimum absolute atomic E-state index is 0.0966. The van der Waals surface area contributed by atoms with Gasteiger partial charge in [0.1, 0.15) is 0 Å². The van der Waals surface area contributed by atoms with Crippen LogP contribution in [0.2, 0.25) is 0 Å². The largest absolute Gasteiger partial charge is 0.550 e. The number of aliphatic carboxylic acids is 1. The van der Waals surface area contributed by atoms with Crippen molar-refractivity contribution in [1.82, 2.24) is 0 Å². The summed E-state index contributed by atoms with van der Waals surface area (Å²) in [4.78, 5) is 22.7. The van der Waals surface area contributed by atoms with Gasteiger partial charge < -0.3 is 14.6 Å². The smallest absolute Gasteiger partial charge is 0.310 e. The number of carboxylic acids is 1. The lowest BCUT2D eigenvalue weighted by molar-refractivity contribution is -0.917. The summed E-state index contributed by atoms with van der Waals surface area (Å²) in [5.74, 6) is -1.34. The van der Waals surface area contributed by atoms with Crippen LogP contribution in [0.1, 0.15) is 96.8 Å². The molecule has 0 aromatic rings. The van der Waals surface area contributed by atoms with Crippen molar-refractivity contribution in [2.24, 2.45) is 0 Å². The van der Waals surface area contributed by atoms with Crippen molar-refractivity contribution >= 4 is 11.9 Å². The molecule has 0 heterocycles. The standard InChI is InChI=1S/C23H43NO4/c1-5-6-7-8-9-10-11-12-13-14-15-16-17-18-23(27)28-21(24(2,3)4)19-20-22(25)26/h10-11,21H,5-9,12-20H2,1-4H3/b11-10-/t21-/m0/s1. The van der Waals surface area contributed by atoms with E-state index in [0.717, 1.165) is 25.7 Å². The first kappa shape index (κ1) is 26.6. The molecular weight excluding hydrogens is 354 g/mol. The molecule has 0 fully saturated rings. The van der Waals surface area contributed by atoms with Crippen LogP contribution in [0.3, 0.4) is 0 Å². The predicted octanol–water partition coefficient (Wildman–Crippen LogP) is 4.35. The number of carboxylic acid groups (broad SMARTS) is 1. The molecule has 0 aromatic carbocycles. The van der Waals surface area contributed by atoms with E-state index in [0.29, 0.717) is 10.9 Å². The van der Waals surface area contributed by atoms with Crippen LogP contribution < -0.4 is 5.11 Å². The third-order valence-electron chi connectivity index (χ3n) is 4.87. The van der Waals surface area contributed by atoms with Crippen LogP contribution in [0.15, 0.2) is 12.2 Å². The van der Waals surface area contributed by atoms with Gasteiger partial charge in [-0.2, -0.15) is 0 Å². The highest BCUT2D eigenvalue weighted by atomic mass is 16.6. The minimum atomic E-state index is -1.11. The van der Waals surface area contributed by atoms with Crippen LogP contribution in [0.5, 0.6) is 0 Å². The van der Waals surface area contributed by atoms with Gasteiger partial charge in [0, 0.05) is 18.8 Å². The van der Waals surface area contributed by atoms with Gasteiger partial charge in [0.05, 0.1) is 21.1 Å². The third-order valence-corrected chi connectivity index (χ3v) is 4.87. The van der Waals surface area contributed by atoms with Crippen molar-refractivity contribution < 1.29 is 23.9 Å². The lowest BCUT2D eigenvalue weighted by Gasteiger charge is -2.33. The molecule has 0 rings (SSSR count). The number of carbonyl (C=O) groups excluding carboxylic acids is 2. The molecule has 1 atom stereocenters. The van der Waals surface area contributed by atoms with Crippen molar-refractivity contribution in [2.45, 2.75) is 103 Å². The Labute approximate surface area is 172 Å². The highest BCUT2D eigenvalue weighted by molar-refractivity contribution is 5.69. The second-order valence-electron chi connectivity index (χ2n) is 8.60. The molecule has 5 heteroatoms. The third kappa shape index (κ3) is 16.8. The molecule has 0 saturated heterocycles. The molecular formula is C23H43NO4. The fourth-order valence-electron chi connectivity index (χ4n) is 3.04. The summed E-state index contributed by atoms with van der Waals surface area (Å²) < 4.78 is 5.90. The van der Waals surface area contributed by atoms with Crippen molar-refractivity contribution in [1.29, 1.82) is 0 Å². The first-order valence-corrected chi connectivity index (χ1v) is 11.1. The van der Waals surface area contributed by atoms with E-state index in [4.69, 9.17) is 4.74 Å². The molecule has 0 unspecified atom stereocenters. The highest BCUT2D eigenvalue weighted by Crippen LogP contribution is 2.14. The Balaban J connectivity index is 3.72. The molecule has 0 amide bonds. The molecule has 0 radical (unpaired) electrons. The maximum Gasteiger partial charge on any atom is 0.310 e. The van der Waals surface area contributed by atoms with Crippen molar-refractivity contribution in [3.05, 3.63) is 12.2 Å². The first-order chi connectivity index (χ1) is 13.3. The van der Waals surface area contributed by atoms with Crippen LogP contribution in [-0.4, -0.2) is 43.8 Å². The summed E-state index contributed by atoms with van der Waals surface area (Å²) in [6, 6.07) is 0. The monoisotopic (exact) mass is 397 g/mol. The van der Waals surface area contributed by atoms with Gasteiger partial charge in [-0.3, -0.25) is 9.28 Å². The summed E-state index contributed by atoms with van der Waals surface area (Å²) in [6.07, 6.45) is 17.8. The number of ether oxygens (including phenoxy) is 1. The molecule has 28 heavy (non-hydrogen) atoms. The van der Waals surface area contributed by atoms with E-state index in [-0.39, 0.29) is 18.8 Å². The Morgan fingerprint density at radius 2 is 1.39 bits per heavy atom. The number of rotatable bonds is 18. The van der Waals surface area contributed by atoms with E-state index < -0.39 is 12.2 Å². The Hall–Kier alpha value is -1.36. The molecule has 0 aliphatic carbocycles. The Morgan fingerprint density at radius 3 is 1.93 bits per heavy atom. The highest BCUT2D eigenvalue weighted by Gasteiger charge is 2.27. The van der Waals surface area contributed by atoms with Gasteiger partial charge in [-0.25, -0.2) is 0 Å². The zero-order chi connectivity index (χ0) is 21.3. The van der Waals surface area contributed by atoms with Crippen molar-refractivity contribution in [2.75, 3.05) is 21.1 Å². The fourth-order valence-corrected chi connectivity index (χ4v) is 3.04. The van der Waals surface area contributed by atoms with Crippen LogP contribution in [-0.2, 0) is 14.3 Å². The average Bonchev–Trinajstić information content (AvgIpc) is 2.61. The van der Waals surface area contributed by atoms with Crippen molar-refractivity contribution in [3.63, 3.8) is 0 Å². The molecule has 0 aliphatic rings. The van der Waals surface area contributed by atoms with Crippen LogP contribution in [0, 0.1) is 0 Å². The molecule has 164 valence electrons. The van der Waals surface area contributed by atoms with Gasteiger partial charge in [0.25, 0.3) is 0 Å². The van der Waals surface area contributed by atoms with E-state index in [2.05, 4.69) is 19.1 Å². The minimum Gasteiger partial charge on any atom is -0.550 e. The number of quaternary nitrogens is 1. The fraction of sp³-hybridized carbons (Fsp3) is 0.826. The van der Waals surface area contributed by atoms with E-state index in [1.807, 2.05) is 21.1 Å². The van der Waals surface area contributed by atoms with E-state index >= 15 is 0 Å². The number of nitrogens with zero attached hydrogens (tertiary/aromatic N) is 1. The lowest BCUT2D eigenvalue weighted by atomic mass is 10.1. The normalized spacial score (nSPS) is 13.0. The van der Waals surface area contributed by atoms with E-state index in [1.165, 1.54) is 44.9 Å². The molecule has 0 spiro atoms. The maximum absolute atomic E-state index is 12.0. The SMILES string of the molecule is CCCCCC/C=C\CCCCCCCC(=O)O[C@@H](CCC(=O)[O-])[N+](C)(C)C. The number of esters is 1. The van der Waals surface area contributed by atoms with Crippen molar-refractivity contribution in [3.8, 4) is 0 Å². The number of allylic oxidation sites excluding steroid dienone is 2. The number of hydrogen-bond acceptors (Lipinski definition) is 4. The first-order valence-electron chi connectivity index (χ1n) is 11.1. The average molecular weight is 398 g/mol. The van der Waals surface area contributed by atoms with E-state index in [1.54, 1.807) is 0 Å². The van der Waals surface area contributed by atoms with Gasteiger partial charge >= 0.3 is 5.97 Å². The zero-order valence-corrected chi connectivity index (χ0v) is 18.7. The van der Waals surface area contributed by atoms with E-state index in [9.17, 15) is 14.7 Å². The Kier molecular flexibility index (Phi) is 15.8. The summed E-state index contributed by atoms with van der Waals surface area (Å²) in [5, 5.41) is 10.7. The van der Waals surface area contributed by atoms with Gasteiger partial charge in [-0.15, -0.1) is 0 Å². The summed E-state index contributed by atoms with van der Waals surface area (Å²) in [6.45, 7) is 2.24.